The van der Waals surface area contributed by atoms with E-state index in [1.54, 1.807) is 41.5 Å². The molecule has 2 unspecified atom stereocenters. The molecule has 0 aromatic heterocycles. The normalized spacial score (nSPS) is 12.9. The van der Waals surface area contributed by atoms with Crippen LogP contribution in [-0.4, -0.2) is 53.8 Å². The van der Waals surface area contributed by atoms with Gasteiger partial charge in [0.2, 0.25) is 0 Å². The lowest BCUT2D eigenvalue weighted by molar-refractivity contribution is -0.158. The number of nitrogens with one attached hydrogen (secondary N) is 3. The second kappa shape index (κ2) is 18.6. The largest absolute Gasteiger partial charge is 0.460 e. The third kappa shape index (κ3) is 16.7. The van der Waals surface area contributed by atoms with E-state index in [4.69, 9.17) is 14.2 Å². The quantitative estimate of drug-likeness (QED) is 0.106. The Labute approximate surface area is 281 Å². The molecule has 0 heterocycles. The number of benzene rings is 2. The van der Waals surface area contributed by atoms with Crippen LogP contribution in [0.4, 0.5) is 4.79 Å². The fraction of sp³-hybridized carbons (Fsp3) is 0.543. The molecule has 2 rings (SSSR count). The Bertz CT molecular complexity index is 1270. The predicted molar refractivity (Wildman–Crippen MR) is 181 cm³/mol. The van der Waals surface area contributed by atoms with Crippen molar-refractivity contribution in [3.63, 3.8) is 0 Å². The van der Waals surface area contributed by atoms with E-state index >= 15 is 0 Å². The highest BCUT2D eigenvalue weighted by Gasteiger charge is 2.30. The van der Waals surface area contributed by atoms with Crippen LogP contribution in [0.5, 0.6) is 0 Å². The van der Waals surface area contributed by atoms with Gasteiger partial charge in [0, 0.05) is 17.4 Å². The van der Waals surface area contributed by atoms with E-state index in [2.05, 4.69) is 31.9 Å². The number of unbranched alkanes of at least 4 members (excludes halogenated alkanes) is 1. The average Bonchev–Trinajstić information content (AvgIpc) is 2.95. The molecule has 2 atom stereocenters. The zero-order valence-electron chi connectivity index (χ0n) is 28.2. The summed E-state index contributed by atoms with van der Waals surface area (Å²) in [5, 5.41) is 8.67. The summed E-state index contributed by atoms with van der Waals surface area (Å²) >= 11 is 3.44. The third-order valence-electron chi connectivity index (χ3n) is 6.48. The molecule has 11 heteroatoms. The topological polar surface area (TPSA) is 132 Å². The maximum absolute atomic E-state index is 13.2. The molecule has 0 fully saturated rings. The van der Waals surface area contributed by atoms with Gasteiger partial charge in [-0.05, 0) is 104 Å². The first-order valence-electron chi connectivity index (χ1n) is 15.7. The molecule has 46 heavy (non-hydrogen) atoms. The van der Waals surface area contributed by atoms with Crippen molar-refractivity contribution in [1.82, 2.24) is 16.0 Å². The van der Waals surface area contributed by atoms with Gasteiger partial charge in [0.1, 0.15) is 29.9 Å². The van der Waals surface area contributed by atoms with Crippen molar-refractivity contribution in [3.8, 4) is 0 Å². The lowest BCUT2D eigenvalue weighted by Gasteiger charge is -2.26. The lowest BCUT2D eigenvalue weighted by Crippen LogP contribution is -2.52. The van der Waals surface area contributed by atoms with E-state index in [0.717, 1.165) is 34.1 Å². The monoisotopic (exact) mass is 703 g/mol. The minimum atomic E-state index is -1.14. The molecule has 2 aromatic rings. The summed E-state index contributed by atoms with van der Waals surface area (Å²) in [7, 11) is 0. The second-order valence-electron chi connectivity index (χ2n) is 13.3. The van der Waals surface area contributed by atoms with Gasteiger partial charge >= 0.3 is 23.9 Å². The van der Waals surface area contributed by atoms with Crippen molar-refractivity contribution < 1.29 is 33.4 Å². The van der Waals surface area contributed by atoms with E-state index in [1.165, 1.54) is 0 Å². The minimum Gasteiger partial charge on any atom is -0.460 e. The Morgan fingerprint density at radius 1 is 0.739 bits per heavy atom. The fourth-order valence-corrected chi connectivity index (χ4v) is 4.52. The number of rotatable bonds is 16. The molecule has 0 bridgehead atoms. The van der Waals surface area contributed by atoms with Crippen LogP contribution < -0.4 is 16.0 Å². The molecular weight excluding hydrogens is 654 g/mol. The van der Waals surface area contributed by atoms with Crippen LogP contribution in [0.25, 0.3) is 0 Å². The van der Waals surface area contributed by atoms with Gasteiger partial charge in [0.25, 0.3) is 0 Å². The van der Waals surface area contributed by atoms with E-state index < -0.39 is 47.2 Å². The summed E-state index contributed by atoms with van der Waals surface area (Å²) in [5.41, 5.74) is 1.57. The number of urea groups is 1. The van der Waals surface area contributed by atoms with Crippen LogP contribution in [0.15, 0.2) is 53.0 Å². The minimum absolute atomic E-state index is 0.0379. The molecule has 3 N–H and O–H groups in total. The molecular formula is C35H50BrN3O7. The SMILES string of the molecule is Cc1ccc(COC(=O)C(CCCCNCc2ccc(Br)cc2)NC(=O)NC(CCC(=O)OC(C)(C)C)C(=O)OC(C)(C)C)cc1. The Morgan fingerprint density at radius 2 is 1.30 bits per heavy atom. The maximum atomic E-state index is 13.2. The molecule has 254 valence electrons. The smallest absolute Gasteiger partial charge is 0.329 e. The first kappa shape index (κ1) is 38.7. The van der Waals surface area contributed by atoms with Gasteiger partial charge in [-0.15, -0.1) is 0 Å². The van der Waals surface area contributed by atoms with Crippen LogP contribution in [-0.2, 0) is 41.7 Å². The van der Waals surface area contributed by atoms with Gasteiger partial charge in [-0.1, -0.05) is 57.9 Å². The van der Waals surface area contributed by atoms with Crippen molar-refractivity contribution in [2.24, 2.45) is 0 Å². The summed E-state index contributed by atoms with van der Waals surface area (Å²) in [6.45, 7) is 13.8. The third-order valence-corrected chi connectivity index (χ3v) is 7.01. The molecule has 0 saturated heterocycles. The van der Waals surface area contributed by atoms with E-state index in [1.807, 2.05) is 55.5 Å². The summed E-state index contributed by atoms with van der Waals surface area (Å²) in [4.78, 5) is 51.7. The predicted octanol–water partition coefficient (Wildman–Crippen LogP) is 6.26. The number of ether oxygens (including phenoxy) is 3. The Morgan fingerprint density at radius 3 is 1.89 bits per heavy atom. The lowest BCUT2D eigenvalue weighted by atomic mass is 10.1. The van der Waals surface area contributed by atoms with Gasteiger partial charge in [0.15, 0.2) is 0 Å². The number of amides is 2. The molecule has 0 aliphatic rings. The maximum Gasteiger partial charge on any atom is 0.329 e. The number of hydrogen-bond acceptors (Lipinski definition) is 8. The molecule has 0 spiro atoms. The molecule has 10 nitrogen and oxygen atoms in total. The fourth-order valence-electron chi connectivity index (χ4n) is 4.26. The molecule has 0 saturated carbocycles. The van der Waals surface area contributed by atoms with Gasteiger partial charge < -0.3 is 30.2 Å². The van der Waals surface area contributed by atoms with Crippen molar-refractivity contribution in [2.45, 2.75) is 117 Å². The zero-order valence-corrected chi connectivity index (χ0v) is 29.8. The number of carbonyl (C=O) groups excluding carboxylic acids is 4. The highest BCUT2D eigenvalue weighted by molar-refractivity contribution is 9.10. The first-order chi connectivity index (χ1) is 21.5. The van der Waals surface area contributed by atoms with Gasteiger partial charge in [-0.25, -0.2) is 14.4 Å². The van der Waals surface area contributed by atoms with Crippen molar-refractivity contribution in [2.75, 3.05) is 6.54 Å². The van der Waals surface area contributed by atoms with Crippen molar-refractivity contribution in [3.05, 3.63) is 69.7 Å². The van der Waals surface area contributed by atoms with E-state index in [0.29, 0.717) is 19.4 Å². The summed E-state index contributed by atoms with van der Waals surface area (Å²) in [6, 6.07) is 12.8. The number of carbonyl (C=O) groups is 4. The molecule has 0 aliphatic heterocycles. The first-order valence-corrected chi connectivity index (χ1v) is 16.5. The van der Waals surface area contributed by atoms with Crippen LogP contribution in [0.1, 0.15) is 90.3 Å². The summed E-state index contributed by atoms with van der Waals surface area (Å²) in [5.74, 6) is -1.78. The van der Waals surface area contributed by atoms with Crippen LogP contribution in [0, 0.1) is 6.92 Å². The average molecular weight is 705 g/mol. The second-order valence-corrected chi connectivity index (χ2v) is 14.2. The highest BCUT2D eigenvalue weighted by Crippen LogP contribution is 2.15. The molecule has 2 amide bonds. The van der Waals surface area contributed by atoms with Gasteiger partial charge in [-0.2, -0.15) is 0 Å². The summed E-state index contributed by atoms with van der Waals surface area (Å²) < 4.78 is 17.4. The number of aryl methyl sites for hydroxylation is 1. The van der Waals surface area contributed by atoms with E-state index in [9.17, 15) is 19.2 Å². The standard InChI is InChI=1S/C35H50BrN3O7/c1-24-11-13-26(14-12-24)23-44-31(41)28(10-8-9-21-37-22-25-15-17-27(36)18-16-25)38-33(43)39-29(32(42)46-35(5,6)7)19-20-30(40)45-34(2,3)4/h11-18,28-29,37H,8-10,19-23H2,1-7H3,(H2,38,39,43). The van der Waals surface area contributed by atoms with Gasteiger partial charge in [0.05, 0.1) is 0 Å². The molecule has 0 aliphatic carbocycles. The number of esters is 3. The molecule has 2 aromatic carbocycles. The van der Waals surface area contributed by atoms with Crippen LogP contribution >= 0.6 is 15.9 Å². The van der Waals surface area contributed by atoms with Crippen LogP contribution in [0.2, 0.25) is 0 Å². The number of halogens is 1. The van der Waals surface area contributed by atoms with Crippen molar-refractivity contribution in [1.29, 1.82) is 0 Å². The Kier molecular flexibility index (Phi) is 15.7. The Hall–Kier alpha value is -3.44. The van der Waals surface area contributed by atoms with E-state index in [-0.39, 0.29) is 19.4 Å². The Balaban J connectivity index is 2.03. The number of hydrogen-bond donors (Lipinski definition) is 3. The molecule has 0 radical (unpaired) electrons. The van der Waals surface area contributed by atoms with Crippen LogP contribution in [0.3, 0.4) is 0 Å². The highest BCUT2D eigenvalue weighted by atomic mass is 79.9. The summed E-state index contributed by atoms with van der Waals surface area (Å²) in [6.07, 6.45) is 1.57. The zero-order chi connectivity index (χ0) is 34.3. The van der Waals surface area contributed by atoms with Gasteiger partial charge in [-0.3, -0.25) is 4.79 Å². The van der Waals surface area contributed by atoms with Crippen molar-refractivity contribution >= 4 is 39.9 Å².